The van der Waals surface area contributed by atoms with E-state index >= 15 is 0 Å². The smallest absolute Gasteiger partial charge is 0.410 e. The lowest BCUT2D eigenvalue weighted by Gasteiger charge is -2.33. The van der Waals surface area contributed by atoms with Crippen LogP contribution < -0.4 is 0 Å². The number of hydrogen-bond acceptors (Lipinski definition) is 3. The van der Waals surface area contributed by atoms with E-state index in [9.17, 15) is 9.59 Å². The normalized spacial score (nSPS) is 17.3. The number of carbonyl (C=O) groups excluding carboxylic acids is 2. The second kappa shape index (κ2) is 8.36. The van der Waals surface area contributed by atoms with Crippen LogP contribution in [0.1, 0.15) is 44.0 Å². The number of ketones is 1. The van der Waals surface area contributed by atoms with Crippen LogP contribution in [0.25, 0.3) is 11.1 Å². The van der Waals surface area contributed by atoms with E-state index in [4.69, 9.17) is 16.3 Å². The fourth-order valence-corrected chi connectivity index (χ4v) is 3.75. The van der Waals surface area contributed by atoms with Gasteiger partial charge in [-0.15, -0.1) is 0 Å². The third kappa shape index (κ3) is 4.74. The van der Waals surface area contributed by atoms with E-state index in [0.29, 0.717) is 23.7 Å². The molecular formula is C23H26ClNO3. The Morgan fingerprint density at radius 2 is 1.68 bits per heavy atom. The number of Topliss-reactive ketones (excluding diaryl/α,β-unsaturated/α-hetero) is 1. The van der Waals surface area contributed by atoms with E-state index in [1.165, 1.54) is 0 Å². The van der Waals surface area contributed by atoms with Crippen molar-refractivity contribution in [3.8, 4) is 11.1 Å². The molecule has 1 aliphatic heterocycles. The van der Waals surface area contributed by atoms with Crippen LogP contribution in [0.4, 0.5) is 4.79 Å². The standard InChI is InChI=1S/C23H26ClNO3/c1-23(2,3)28-22(27)25-14-8-9-16(15-25)21(26)19-12-5-4-10-17(19)18-11-6-7-13-20(18)24/h4-7,10-13,16H,8-9,14-15H2,1-3H3. The van der Waals surface area contributed by atoms with Gasteiger partial charge in [-0.2, -0.15) is 0 Å². The molecule has 2 aromatic carbocycles. The summed E-state index contributed by atoms with van der Waals surface area (Å²) in [4.78, 5) is 27.4. The molecule has 0 aromatic heterocycles. The highest BCUT2D eigenvalue weighted by Crippen LogP contribution is 2.33. The van der Waals surface area contributed by atoms with E-state index in [1.807, 2.05) is 69.3 Å². The molecule has 28 heavy (non-hydrogen) atoms. The molecule has 1 atom stereocenters. The van der Waals surface area contributed by atoms with Gasteiger partial charge in [0.1, 0.15) is 5.60 Å². The van der Waals surface area contributed by atoms with Gasteiger partial charge >= 0.3 is 6.09 Å². The van der Waals surface area contributed by atoms with Gasteiger partial charge in [-0.1, -0.05) is 54.1 Å². The number of ether oxygens (including phenoxy) is 1. The van der Waals surface area contributed by atoms with Gasteiger partial charge in [0, 0.05) is 35.2 Å². The van der Waals surface area contributed by atoms with Gasteiger partial charge in [0.15, 0.2) is 5.78 Å². The Hall–Kier alpha value is -2.33. The van der Waals surface area contributed by atoms with Crippen LogP contribution in [-0.2, 0) is 4.74 Å². The Morgan fingerprint density at radius 1 is 1.04 bits per heavy atom. The molecule has 3 rings (SSSR count). The predicted octanol–water partition coefficient (Wildman–Crippen LogP) is 5.84. The Kier molecular flexibility index (Phi) is 6.09. The molecule has 1 unspecified atom stereocenters. The van der Waals surface area contributed by atoms with Gasteiger partial charge in [-0.05, 0) is 45.2 Å². The molecule has 0 aliphatic carbocycles. The van der Waals surface area contributed by atoms with Gasteiger partial charge in [-0.25, -0.2) is 4.79 Å². The van der Waals surface area contributed by atoms with Crippen molar-refractivity contribution in [2.24, 2.45) is 5.92 Å². The van der Waals surface area contributed by atoms with Gasteiger partial charge in [0.2, 0.25) is 0 Å². The summed E-state index contributed by atoms with van der Waals surface area (Å²) in [6.45, 7) is 6.53. The molecule has 2 aromatic rings. The first-order chi connectivity index (χ1) is 13.3. The number of nitrogens with zero attached hydrogens (tertiary/aromatic N) is 1. The van der Waals surface area contributed by atoms with Crippen molar-refractivity contribution in [3.63, 3.8) is 0 Å². The molecule has 0 saturated carbocycles. The topological polar surface area (TPSA) is 46.6 Å². The average Bonchev–Trinajstić information content (AvgIpc) is 2.67. The monoisotopic (exact) mass is 399 g/mol. The van der Waals surface area contributed by atoms with Crippen molar-refractivity contribution in [3.05, 3.63) is 59.1 Å². The molecule has 1 fully saturated rings. The molecule has 1 amide bonds. The van der Waals surface area contributed by atoms with Crippen LogP contribution in [0.2, 0.25) is 5.02 Å². The van der Waals surface area contributed by atoms with Crippen molar-refractivity contribution in [2.75, 3.05) is 13.1 Å². The number of rotatable bonds is 3. The highest BCUT2D eigenvalue weighted by molar-refractivity contribution is 6.33. The fraction of sp³-hybridized carbons (Fsp3) is 0.391. The molecule has 1 aliphatic rings. The zero-order valence-corrected chi connectivity index (χ0v) is 17.3. The lowest BCUT2D eigenvalue weighted by molar-refractivity contribution is 0.0172. The van der Waals surface area contributed by atoms with Crippen LogP contribution in [0.15, 0.2) is 48.5 Å². The molecule has 5 heteroatoms. The zero-order valence-electron chi connectivity index (χ0n) is 16.6. The average molecular weight is 400 g/mol. The highest BCUT2D eigenvalue weighted by Gasteiger charge is 2.32. The zero-order chi connectivity index (χ0) is 20.3. The van der Waals surface area contributed by atoms with Gasteiger partial charge < -0.3 is 9.64 Å². The van der Waals surface area contributed by atoms with Crippen molar-refractivity contribution < 1.29 is 14.3 Å². The number of likely N-dealkylation sites (tertiary alicyclic amines) is 1. The number of carbonyl (C=O) groups is 2. The summed E-state index contributed by atoms with van der Waals surface area (Å²) in [7, 11) is 0. The van der Waals surface area contributed by atoms with Gasteiger partial charge in [0.05, 0.1) is 0 Å². The van der Waals surface area contributed by atoms with Crippen LogP contribution in [0.3, 0.4) is 0 Å². The SMILES string of the molecule is CC(C)(C)OC(=O)N1CCCC(C(=O)c2ccccc2-c2ccccc2Cl)C1. The number of halogens is 1. The quantitative estimate of drug-likeness (QED) is 0.609. The van der Waals surface area contributed by atoms with Crippen molar-refractivity contribution in [1.82, 2.24) is 4.90 Å². The molecule has 148 valence electrons. The minimum Gasteiger partial charge on any atom is -0.444 e. The number of amides is 1. The summed E-state index contributed by atoms with van der Waals surface area (Å²) in [6.07, 6.45) is 1.18. The Labute approximate surface area is 171 Å². The second-order valence-corrected chi connectivity index (χ2v) is 8.56. The summed E-state index contributed by atoms with van der Waals surface area (Å²) in [5.74, 6) is -0.200. The molecule has 0 radical (unpaired) electrons. The first-order valence-corrected chi connectivity index (χ1v) is 10.00. The lowest BCUT2D eigenvalue weighted by atomic mass is 9.86. The maximum atomic E-state index is 13.3. The molecule has 1 heterocycles. The predicted molar refractivity (Wildman–Crippen MR) is 112 cm³/mol. The molecule has 0 spiro atoms. The number of benzene rings is 2. The number of hydrogen-bond donors (Lipinski definition) is 0. The third-order valence-electron chi connectivity index (χ3n) is 4.80. The Balaban J connectivity index is 1.83. The third-order valence-corrected chi connectivity index (χ3v) is 5.13. The van der Waals surface area contributed by atoms with Crippen molar-refractivity contribution >= 4 is 23.5 Å². The Morgan fingerprint density at radius 3 is 2.36 bits per heavy atom. The first kappa shape index (κ1) is 20.4. The molecule has 4 nitrogen and oxygen atoms in total. The minimum absolute atomic E-state index is 0.0452. The van der Waals surface area contributed by atoms with Crippen molar-refractivity contribution in [2.45, 2.75) is 39.2 Å². The fourth-order valence-electron chi connectivity index (χ4n) is 3.52. The number of piperidine rings is 1. The summed E-state index contributed by atoms with van der Waals surface area (Å²) in [5, 5.41) is 0.613. The van der Waals surface area contributed by atoms with Gasteiger partial charge in [-0.3, -0.25) is 4.79 Å². The maximum Gasteiger partial charge on any atom is 0.410 e. The van der Waals surface area contributed by atoms with Crippen LogP contribution >= 0.6 is 11.6 Å². The van der Waals surface area contributed by atoms with E-state index in [0.717, 1.165) is 24.0 Å². The van der Waals surface area contributed by atoms with Crippen molar-refractivity contribution in [1.29, 1.82) is 0 Å². The van der Waals surface area contributed by atoms with E-state index in [2.05, 4.69) is 0 Å². The molecule has 0 bridgehead atoms. The molecular weight excluding hydrogens is 374 g/mol. The molecule has 1 saturated heterocycles. The van der Waals surface area contributed by atoms with Gasteiger partial charge in [0.25, 0.3) is 0 Å². The summed E-state index contributed by atoms with van der Waals surface area (Å²) in [6, 6.07) is 15.1. The second-order valence-electron chi connectivity index (χ2n) is 8.16. The Bertz CT molecular complexity index is 872. The summed E-state index contributed by atoms with van der Waals surface area (Å²) < 4.78 is 5.48. The first-order valence-electron chi connectivity index (χ1n) is 9.62. The highest BCUT2D eigenvalue weighted by atomic mass is 35.5. The van der Waals surface area contributed by atoms with E-state index < -0.39 is 5.60 Å². The van der Waals surface area contributed by atoms with E-state index in [1.54, 1.807) is 4.90 Å². The van der Waals surface area contributed by atoms with Crippen LogP contribution in [0.5, 0.6) is 0 Å². The minimum atomic E-state index is -0.551. The lowest BCUT2D eigenvalue weighted by Crippen LogP contribution is -2.44. The maximum absolute atomic E-state index is 13.3. The van der Waals surface area contributed by atoms with E-state index in [-0.39, 0.29) is 17.8 Å². The molecule has 0 N–H and O–H groups in total. The summed E-state index contributed by atoms with van der Waals surface area (Å²) >= 11 is 6.37. The summed E-state index contributed by atoms with van der Waals surface area (Å²) in [5.41, 5.74) is 1.76. The van der Waals surface area contributed by atoms with Crippen LogP contribution in [-0.4, -0.2) is 35.5 Å². The largest absolute Gasteiger partial charge is 0.444 e. The van der Waals surface area contributed by atoms with Crippen LogP contribution in [0, 0.1) is 5.92 Å².